The Bertz CT molecular complexity index is 562. The molecule has 1 aromatic rings. The van der Waals surface area contributed by atoms with Crippen molar-refractivity contribution in [1.29, 1.82) is 0 Å². The topological polar surface area (TPSA) is 0 Å². The van der Waals surface area contributed by atoms with Crippen molar-refractivity contribution in [2.24, 2.45) is 0 Å². The van der Waals surface area contributed by atoms with Gasteiger partial charge in [-0.2, -0.15) is 0 Å². The van der Waals surface area contributed by atoms with Gasteiger partial charge in [-0.3, -0.25) is 0 Å². The maximum Gasteiger partial charge on any atom is 0.00403 e. The van der Waals surface area contributed by atoms with E-state index in [1.165, 1.54) is 29.3 Å². The van der Waals surface area contributed by atoms with Crippen LogP contribution in [0.4, 0.5) is 0 Å². The van der Waals surface area contributed by atoms with E-state index in [1.807, 2.05) is 25.1 Å². The molecule has 1 aromatic carbocycles. The molecule has 21 heavy (non-hydrogen) atoms. The molecule has 0 bridgehead atoms. The Morgan fingerprint density at radius 1 is 1.14 bits per heavy atom. The lowest BCUT2D eigenvalue weighted by Crippen LogP contribution is -1.96. The molecule has 0 spiro atoms. The van der Waals surface area contributed by atoms with Gasteiger partial charge < -0.3 is 0 Å². The van der Waals surface area contributed by atoms with Crippen molar-refractivity contribution in [2.75, 3.05) is 0 Å². The van der Waals surface area contributed by atoms with Crippen LogP contribution in [0.5, 0.6) is 0 Å². The molecule has 110 valence electrons. The van der Waals surface area contributed by atoms with Gasteiger partial charge in [0.2, 0.25) is 0 Å². The normalized spacial score (nSPS) is 12.8. The minimum Gasteiger partial charge on any atom is -0.118 e. The third-order valence-corrected chi connectivity index (χ3v) is 4.54. The van der Waals surface area contributed by atoms with Crippen molar-refractivity contribution in [3.8, 4) is 0 Å². The van der Waals surface area contributed by atoms with E-state index in [9.17, 15) is 0 Å². The molecule has 1 aliphatic carbocycles. The minimum atomic E-state index is 1.05. The number of hydrogen-bond donors (Lipinski definition) is 0. The molecule has 0 unspecified atom stereocenters. The summed E-state index contributed by atoms with van der Waals surface area (Å²) in [5.41, 5.74) is 3.59. The highest BCUT2D eigenvalue weighted by atomic mass is 31.0. The quantitative estimate of drug-likeness (QED) is 0.606. The monoisotopic (exact) mass is 314 g/mol. The summed E-state index contributed by atoms with van der Waals surface area (Å²) in [6.07, 6.45) is 10.2. The van der Waals surface area contributed by atoms with Gasteiger partial charge in [0.1, 0.15) is 0 Å². The summed E-state index contributed by atoms with van der Waals surface area (Å²) in [7, 11) is 7.10. The van der Waals surface area contributed by atoms with E-state index in [4.69, 9.17) is 0 Å². The second-order valence-electron chi connectivity index (χ2n) is 4.99. The van der Waals surface area contributed by atoms with E-state index in [0.29, 0.717) is 0 Å². The highest BCUT2D eigenvalue weighted by molar-refractivity contribution is 7.23. The molecule has 2 heteroatoms. The number of benzene rings is 1. The molecule has 0 saturated carbocycles. The van der Waals surface area contributed by atoms with Gasteiger partial charge >= 0.3 is 0 Å². The summed E-state index contributed by atoms with van der Waals surface area (Å²) >= 11 is 0. The number of allylic oxidation sites excluding steroid dienone is 5. The zero-order valence-corrected chi connectivity index (χ0v) is 14.9. The van der Waals surface area contributed by atoms with Crippen LogP contribution in [-0.4, -0.2) is 10.6 Å². The van der Waals surface area contributed by atoms with Crippen molar-refractivity contribution < 1.29 is 0 Å². The van der Waals surface area contributed by atoms with Gasteiger partial charge in [-0.25, -0.2) is 0 Å². The van der Waals surface area contributed by atoms with Gasteiger partial charge in [0.05, 0.1) is 0 Å². The Morgan fingerprint density at radius 3 is 2.29 bits per heavy atom. The highest BCUT2D eigenvalue weighted by Gasteiger charge is 1.99. The molecule has 0 saturated heterocycles. The van der Waals surface area contributed by atoms with Crippen LogP contribution >= 0.6 is 17.7 Å². The van der Waals surface area contributed by atoms with Crippen molar-refractivity contribution >= 4 is 28.3 Å². The zero-order valence-electron chi connectivity index (χ0n) is 12.9. The fourth-order valence-corrected chi connectivity index (χ4v) is 2.24. The summed E-state index contributed by atoms with van der Waals surface area (Å²) in [6.45, 7) is 7.99. The molecule has 0 amide bonds. The van der Waals surface area contributed by atoms with Crippen LogP contribution in [0.15, 0.2) is 66.3 Å². The Hall–Kier alpha value is -1.22. The zero-order chi connectivity index (χ0) is 15.7. The molecular formula is C19H24P2. The third kappa shape index (κ3) is 6.38. The smallest absolute Gasteiger partial charge is 0.00403 e. The first-order chi connectivity index (χ1) is 10.1. The van der Waals surface area contributed by atoms with Crippen LogP contribution in [-0.2, 0) is 0 Å². The second kappa shape index (κ2) is 9.67. The summed E-state index contributed by atoms with van der Waals surface area (Å²) in [6, 6.07) is 10.1. The molecule has 0 heterocycles. The molecule has 0 radical (unpaired) electrons. The molecule has 0 fully saturated rings. The van der Waals surface area contributed by atoms with Gasteiger partial charge in [-0.1, -0.05) is 62.1 Å². The number of hydrogen-bond acceptors (Lipinski definition) is 0. The average Bonchev–Trinajstić information content (AvgIpc) is 2.55. The summed E-state index contributed by atoms with van der Waals surface area (Å²) in [5, 5.41) is 2.39. The van der Waals surface area contributed by atoms with Crippen LogP contribution in [0.1, 0.15) is 38.7 Å². The van der Waals surface area contributed by atoms with Crippen LogP contribution < -0.4 is 0 Å². The van der Waals surface area contributed by atoms with Gasteiger partial charge in [-0.15, -0.1) is 17.7 Å². The predicted molar refractivity (Wildman–Crippen MR) is 104 cm³/mol. The highest BCUT2D eigenvalue weighted by Crippen LogP contribution is 2.13. The van der Waals surface area contributed by atoms with E-state index in [0.717, 1.165) is 17.3 Å². The predicted octanol–water partition coefficient (Wildman–Crippen LogP) is 5.91. The molecule has 0 atom stereocenters. The van der Waals surface area contributed by atoms with Crippen molar-refractivity contribution in [3.05, 3.63) is 71.8 Å². The standard InChI is InChI=1S/C10H11P.C9H13P/c1-8(2)10(11)9-6-4-3-5-7-9;1-2-9(10)8-6-4-3-5-7-8/h3-7,11H,1H2,2H3;4,6-7,10H,2-3,5H2,1H3. The summed E-state index contributed by atoms with van der Waals surface area (Å²) in [5.74, 6) is 0. The van der Waals surface area contributed by atoms with Gasteiger partial charge in [0.15, 0.2) is 0 Å². The van der Waals surface area contributed by atoms with E-state index in [2.05, 4.69) is 61.6 Å². The molecule has 0 aromatic heterocycles. The van der Waals surface area contributed by atoms with E-state index in [-0.39, 0.29) is 0 Å². The lowest BCUT2D eigenvalue weighted by molar-refractivity contribution is 1.03. The third-order valence-electron chi connectivity index (χ3n) is 3.19. The summed E-state index contributed by atoms with van der Waals surface area (Å²) in [4.78, 5) is 0. The molecule has 0 N–H and O–H groups in total. The van der Waals surface area contributed by atoms with Crippen LogP contribution in [0, 0.1) is 0 Å². The fraction of sp³-hybridized carbons (Fsp3) is 0.263. The SMILES string of the molecule is C=C(C)C(=P)c1ccccc1.CCC(=P)C1=CCCC=C1. The Kier molecular flexibility index (Phi) is 8.21. The number of rotatable bonds is 4. The molecule has 2 rings (SSSR count). The van der Waals surface area contributed by atoms with Crippen molar-refractivity contribution in [3.63, 3.8) is 0 Å². The lowest BCUT2D eigenvalue weighted by Gasteiger charge is -2.06. The van der Waals surface area contributed by atoms with Gasteiger partial charge in [-0.05, 0) is 48.2 Å². The van der Waals surface area contributed by atoms with Gasteiger partial charge in [0.25, 0.3) is 0 Å². The van der Waals surface area contributed by atoms with Crippen molar-refractivity contribution in [1.82, 2.24) is 0 Å². The van der Waals surface area contributed by atoms with Gasteiger partial charge in [0, 0.05) is 5.29 Å². The Morgan fingerprint density at radius 2 is 1.81 bits per heavy atom. The lowest BCUT2D eigenvalue weighted by atomic mass is 10.0. The van der Waals surface area contributed by atoms with Crippen molar-refractivity contribution in [2.45, 2.75) is 33.1 Å². The van der Waals surface area contributed by atoms with Crippen LogP contribution in [0.2, 0.25) is 0 Å². The average molecular weight is 314 g/mol. The Balaban J connectivity index is 0.000000211. The first-order valence-corrected chi connectivity index (χ1v) is 8.30. The maximum atomic E-state index is 3.85. The molecule has 0 nitrogen and oxygen atoms in total. The minimum absolute atomic E-state index is 1.05. The van der Waals surface area contributed by atoms with E-state index < -0.39 is 0 Å². The molecule has 0 aliphatic heterocycles. The largest absolute Gasteiger partial charge is 0.118 e. The van der Waals surface area contributed by atoms with Crippen LogP contribution in [0.25, 0.3) is 0 Å². The summed E-state index contributed by atoms with van der Waals surface area (Å²) < 4.78 is 0. The first kappa shape index (κ1) is 17.8. The Labute approximate surface area is 133 Å². The molecular weight excluding hydrogens is 290 g/mol. The van der Waals surface area contributed by atoms with E-state index >= 15 is 0 Å². The molecule has 1 aliphatic rings. The second-order valence-corrected chi connectivity index (χ2v) is 6.10. The van der Waals surface area contributed by atoms with Crippen LogP contribution in [0.3, 0.4) is 0 Å². The van der Waals surface area contributed by atoms with E-state index in [1.54, 1.807) is 0 Å². The maximum absolute atomic E-state index is 3.85. The fourth-order valence-electron chi connectivity index (χ4n) is 1.89. The first-order valence-electron chi connectivity index (χ1n) is 7.30.